The summed E-state index contributed by atoms with van der Waals surface area (Å²) in [6.45, 7) is 5.01. The van der Waals surface area contributed by atoms with Crippen LogP contribution in [0.15, 0.2) is 0 Å². The third-order valence-corrected chi connectivity index (χ3v) is 5.39. The molecule has 1 heterocycles. The molecule has 0 saturated carbocycles. The van der Waals surface area contributed by atoms with Gasteiger partial charge in [0.05, 0.1) is 12.5 Å². The molecule has 1 aliphatic rings. The van der Waals surface area contributed by atoms with Crippen LogP contribution >= 0.6 is 0 Å². The van der Waals surface area contributed by atoms with E-state index in [2.05, 4.69) is 6.92 Å². The molecule has 0 spiro atoms. The van der Waals surface area contributed by atoms with E-state index in [-0.39, 0.29) is 12.5 Å². The molecular formula is C11H21N3O2S. The number of nitriles is 1. The highest BCUT2D eigenvalue weighted by molar-refractivity contribution is 7.86. The maximum atomic E-state index is 12.3. The van der Waals surface area contributed by atoms with Gasteiger partial charge in [-0.05, 0) is 25.7 Å². The van der Waals surface area contributed by atoms with Crippen LogP contribution in [0.1, 0.15) is 33.1 Å². The average molecular weight is 259 g/mol. The van der Waals surface area contributed by atoms with Gasteiger partial charge >= 0.3 is 0 Å². The Kier molecular flexibility index (Phi) is 4.92. The lowest BCUT2D eigenvalue weighted by molar-refractivity contribution is 0.255. The molecule has 1 aliphatic heterocycles. The summed E-state index contributed by atoms with van der Waals surface area (Å²) in [6.07, 6.45) is 2.23. The Morgan fingerprint density at radius 2 is 2.24 bits per heavy atom. The van der Waals surface area contributed by atoms with Crippen LogP contribution in [0.3, 0.4) is 0 Å². The standard InChI is InChI=1S/C11H21N3O2S/c1-10-5-4-8-14(9-10)17(15,16)13(3)11(2)6-7-12/h10-11H,4-6,8-9H2,1-3H3. The number of hydrogen-bond donors (Lipinski definition) is 0. The molecule has 1 fully saturated rings. The van der Waals surface area contributed by atoms with E-state index in [4.69, 9.17) is 5.26 Å². The molecule has 2 unspecified atom stereocenters. The van der Waals surface area contributed by atoms with Crippen LogP contribution in [0.2, 0.25) is 0 Å². The first kappa shape index (κ1) is 14.4. The average Bonchev–Trinajstić information content (AvgIpc) is 2.28. The van der Waals surface area contributed by atoms with E-state index in [0.717, 1.165) is 12.8 Å². The van der Waals surface area contributed by atoms with Crippen LogP contribution < -0.4 is 0 Å². The zero-order valence-corrected chi connectivity index (χ0v) is 11.6. The Labute approximate surface area is 104 Å². The summed E-state index contributed by atoms with van der Waals surface area (Å²) in [6, 6.07) is 1.73. The van der Waals surface area contributed by atoms with E-state index >= 15 is 0 Å². The van der Waals surface area contributed by atoms with Gasteiger partial charge in [0.1, 0.15) is 0 Å². The number of rotatable bonds is 4. The van der Waals surface area contributed by atoms with Gasteiger partial charge < -0.3 is 0 Å². The minimum Gasteiger partial charge on any atom is -0.198 e. The van der Waals surface area contributed by atoms with Crippen molar-refractivity contribution >= 4 is 10.2 Å². The number of nitrogens with zero attached hydrogens (tertiary/aromatic N) is 3. The van der Waals surface area contributed by atoms with Crippen molar-refractivity contribution < 1.29 is 8.42 Å². The minimum absolute atomic E-state index is 0.221. The maximum Gasteiger partial charge on any atom is 0.282 e. The smallest absolute Gasteiger partial charge is 0.198 e. The molecule has 5 nitrogen and oxygen atoms in total. The largest absolute Gasteiger partial charge is 0.282 e. The second kappa shape index (κ2) is 5.80. The third-order valence-electron chi connectivity index (χ3n) is 3.32. The van der Waals surface area contributed by atoms with Gasteiger partial charge in [0.25, 0.3) is 10.2 Å². The summed E-state index contributed by atoms with van der Waals surface area (Å²) in [5, 5.41) is 8.62. The van der Waals surface area contributed by atoms with Crippen LogP contribution in [0, 0.1) is 17.2 Å². The fourth-order valence-corrected chi connectivity index (χ4v) is 3.72. The van der Waals surface area contributed by atoms with Crippen LogP contribution in [-0.2, 0) is 10.2 Å². The van der Waals surface area contributed by atoms with E-state index in [1.165, 1.54) is 8.61 Å². The second-order valence-electron chi connectivity index (χ2n) is 4.84. The summed E-state index contributed by atoms with van der Waals surface area (Å²) < 4.78 is 27.4. The molecule has 0 aromatic rings. The molecule has 6 heteroatoms. The molecule has 98 valence electrons. The molecule has 0 aromatic carbocycles. The first-order chi connectivity index (χ1) is 7.89. The molecule has 0 aromatic heterocycles. The van der Waals surface area contributed by atoms with E-state index in [0.29, 0.717) is 19.0 Å². The lowest BCUT2D eigenvalue weighted by Gasteiger charge is -2.34. The highest BCUT2D eigenvalue weighted by Crippen LogP contribution is 2.21. The SMILES string of the molecule is CC1CCCN(S(=O)(=O)N(C)C(C)CC#N)C1. The van der Waals surface area contributed by atoms with E-state index in [1.807, 2.05) is 6.07 Å². The van der Waals surface area contributed by atoms with Crippen molar-refractivity contribution in [2.45, 2.75) is 39.2 Å². The predicted molar refractivity (Wildman–Crippen MR) is 66.3 cm³/mol. The van der Waals surface area contributed by atoms with Crippen LogP contribution in [-0.4, -0.2) is 43.2 Å². The normalized spacial score (nSPS) is 24.5. The van der Waals surface area contributed by atoms with E-state index in [9.17, 15) is 8.42 Å². The Balaban J connectivity index is 2.76. The van der Waals surface area contributed by atoms with Gasteiger partial charge in [-0.2, -0.15) is 22.3 Å². The Morgan fingerprint density at radius 1 is 1.59 bits per heavy atom. The summed E-state index contributed by atoms with van der Waals surface area (Å²) in [4.78, 5) is 0. The van der Waals surface area contributed by atoms with Crippen molar-refractivity contribution in [1.29, 1.82) is 5.26 Å². The topological polar surface area (TPSA) is 64.4 Å². The van der Waals surface area contributed by atoms with Crippen molar-refractivity contribution in [2.24, 2.45) is 5.92 Å². The van der Waals surface area contributed by atoms with E-state index < -0.39 is 10.2 Å². The highest BCUT2D eigenvalue weighted by Gasteiger charge is 2.32. The fraction of sp³-hybridized carbons (Fsp3) is 0.909. The third kappa shape index (κ3) is 3.41. The Morgan fingerprint density at radius 3 is 2.76 bits per heavy atom. The maximum absolute atomic E-state index is 12.3. The second-order valence-corrected chi connectivity index (χ2v) is 6.83. The Hall–Kier alpha value is -0.640. The predicted octanol–water partition coefficient (Wildman–Crippen LogP) is 1.20. The van der Waals surface area contributed by atoms with Crippen molar-refractivity contribution in [3.05, 3.63) is 0 Å². The lowest BCUT2D eigenvalue weighted by atomic mass is 10.0. The fourth-order valence-electron chi connectivity index (χ4n) is 2.03. The first-order valence-corrected chi connectivity index (χ1v) is 7.39. The lowest BCUT2D eigenvalue weighted by Crippen LogP contribution is -2.48. The summed E-state index contributed by atoms with van der Waals surface area (Å²) in [7, 11) is -1.85. The zero-order valence-electron chi connectivity index (χ0n) is 10.8. The van der Waals surface area contributed by atoms with Gasteiger partial charge in [-0.1, -0.05) is 6.92 Å². The summed E-state index contributed by atoms with van der Waals surface area (Å²) in [5.41, 5.74) is 0. The van der Waals surface area contributed by atoms with Gasteiger partial charge in [-0.15, -0.1) is 0 Å². The highest BCUT2D eigenvalue weighted by atomic mass is 32.2. The molecule has 0 amide bonds. The van der Waals surface area contributed by atoms with Crippen LogP contribution in [0.4, 0.5) is 0 Å². The molecular weight excluding hydrogens is 238 g/mol. The van der Waals surface area contributed by atoms with Gasteiger partial charge in [-0.25, -0.2) is 0 Å². The molecule has 1 saturated heterocycles. The monoisotopic (exact) mass is 259 g/mol. The van der Waals surface area contributed by atoms with Crippen molar-refractivity contribution in [3.63, 3.8) is 0 Å². The van der Waals surface area contributed by atoms with Crippen LogP contribution in [0.5, 0.6) is 0 Å². The summed E-state index contributed by atoms with van der Waals surface area (Å²) >= 11 is 0. The quantitative estimate of drug-likeness (QED) is 0.762. The molecule has 1 rings (SSSR count). The molecule has 0 aliphatic carbocycles. The minimum atomic E-state index is -3.40. The summed E-state index contributed by atoms with van der Waals surface area (Å²) in [5.74, 6) is 0.415. The van der Waals surface area contributed by atoms with Gasteiger partial charge in [-0.3, -0.25) is 0 Å². The zero-order chi connectivity index (χ0) is 13.1. The molecule has 2 atom stereocenters. The van der Waals surface area contributed by atoms with Crippen molar-refractivity contribution in [1.82, 2.24) is 8.61 Å². The number of piperidine rings is 1. The van der Waals surface area contributed by atoms with Gasteiger partial charge in [0, 0.05) is 26.2 Å². The molecule has 0 N–H and O–H groups in total. The van der Waals surface area contributed by atoms with Gasteiger partial charge in [0.2, 0.25) is 0 Å². The Bertz CT molecular complexity index is 388. The van der Waals surface area contributed by atoms with E-state index in [1.54, 1.807) is 14.0 Å². The van der Waals surface area contributed by atoms with Gasteiger partial charge in [0.15, 0.2) is 0 Å². The molecule has 0 radical (unpaired) electrons. The van der Waals surface area contributed by atoms with Crippen molar-refractivity contribution in [2.75, 3.05) is 20.1 Å². The molecule has 0 bridgehead atoms. The number of hydrogen-bond acceptors (Lipinski definition) is 3. The first-order valence-electron chi connectivity index (χ1n) is 5.99. The van der Waals surface area contributed by atoms with Crippen LogP contribution in [0.25, 0.3) is 0 Å². The van der Waals surface area contributed by atoms with Crippen molar-refractivity contribution in [3.8, 4) is 6.07 Å². The molecule has 17 heavy (non-hydrogen) atoms.